The van der Waals surface area contributed by atoms with E-state index < -0.39 is 0 Å². The molecule has 1 N–H and O–H groups in total. The molecule has 0 aromatic heterocycles. The van der Waals surface area contributed by atoms with E-state index in [1.807, 2.05) is 0 Å². The van der Waals surface area contributed by atoms with Crippen LogP contribution in [0.4, 0.5) is 0 Å². The highest BCUT2D eigenvalue weighted by Crippen LogP contribution is 2.26. The summed E-state index contributed by atoms with van der Waals surface area (Å²) in [7, 11) is 1.74. The fourth-order valence-electron chi connectivity index (χ4n) is 2.29. The number of methoxy groups -OCH3 is 1. The molecule has 1 fully saturated rings. The van der Waals surface area contributed by atoms with Crippen LogP contribution in [0.3, 0.4) is 0 Å². The predicted octanol–water partition coefficient (Wildman–Crippen LogP) is 2.35. The van der Waals surface area contributed by atoms with Crippen LogP contribution in [0.1, 0.15) is 30.9 Å². The van der Waals surface area contributed by atoms with Gasteiger partial charge in [-0.2, -0.15) is 0 Å². The number of hydrogen-bond donors (Lipinski definition) is 1. The van der Waals surface area contributed by atoms with E-state index in [2.05, 4.69) is 37.4 Å². The van der Waals surface area contributed by atoms with Crippen molar-refractivity contribution in [2.75, 3.05) is 26.8 Å². The lowest BCUT2D eigenvalue weighted by molar-refractivity contribution is 0.0289. The zero-order chi connectivity index (χ0) is 13.0. The van der Waals surface area contributed by atoms with Crippen LogP contribution < -0.4 is 10.1 Å². The molecular formula is C15H23NO2. The first-order valence-electron chi connectivity index (χ1n) is 6.70. The van der Waals surface area contributed by atoms with Crippen LogP contribution in [-0.2, 0) is 11.2 Å². The zero-order valence-electron chi connectivity index (χ0n) is 11.5. The largest absolute Gasteiger partial charge is 0.496 e. The van der Waals surface area contributed by atoms with E-state index in [1.54, 1.807) is 7.11 Å². The maximum Gasteiger partial charge on any atom is 0.122 e. The molecule has 3 nitrogen and oxygen atoms in total. The molecule has 3 heteroatoms. The van der Waals surface area contributed by atoms with E-state index in [0.717, 1.165) is 31.9 Å². The topological polar surface area (TPSA) is 30.5 Å². The molecule has 1 aliphatic rings. The van der Waals surface area contributed by atoms with Gasteiger partial charge >= 0.3 is 0 Å². The van der Waals surface area contributed by atoms with Crippen LogP contribution in [0.25, 0.3) is 0 Å². The smallest absolute Gasteiger partial charge is 0.122 e. The van der Waals surface area contributed by atoms with Crippen molar-refractivity contribution in [3.63, 3.8) is 0 Å². The van der Waals surface area contributed by atoms with Gasteiger partial charge in [-0.1, -0.05) is 26.0 Å². The maximum atomic E-state index is 5.74. The van der Waals surface area contributed by atoms with Crippen molar-refractivity contribution in [2.24, 2.45) is 0 Å². The van der Waals surface area contributed by atoms with Gasteiger partial charge in [-0.3, -0.25) is 0 Å². The second-order valence-electron chi connectivity index (χ2n) is 5.13. The number of ether oxygens (including phenoxy) is 2. The molecule has 100 valence electrons. The number of hydrogen-bond acceptors (Lipinski definition) is 3. The van der Waals surface area contributed by atoms with Crippen LogP contribution in [0.2, 0.25) is 0 Å². The summed E-state index contributed by atoms with van der Waals surface area (Å²) in [6.07, 6.45) is 1.17. The fourth-order valence-corrected chi connectivity index (χ4v) is 2.29. The lowest BCUT2D eigenvalue weighted by Gasteiger charge is -2.24. The lowest BCUT2D eigenvalue weighted by atomic mass is 9.98. The van der Waals surface area contributed by atoms with Gasteiger partial charge in [-0.25, -0.2) is 0 Å². The van der Waals surface area contributed by atoms with Gasteiger partial charge in [-0.15, -0.1) is 0 Å². The van der Waals surface area contributed by atoms with Crippen molar-refractivity contribution in [1.29, 1.82) is 0 Å². The van der Waals surface area contributed by atoms with Crippen LogP contribution in [-0.4, -0.2) is 32.9 Å². The summed E-state index contributed by atoms with van der Waals surface area (Å²) < 4.78 is 11.2. The SMILES string of the molecule is COc1cc(C(C)C)ccc1CC1CNCCO1. The molecular weight excluding hydrogens is 226 g/mol. The van der Waals surface area contributed by atoms with Gasteiger partial charge in [0.25, 0.3) is 0 Å². The summed E-state index contributed by atoms with van der Waals surface area (Å²) in [5.74, 6) is 1.51. The van der Waals surface area contributed by atoms with E-state index in [9.17, 15) is 0 Å². The van der Waals surface area contributed by atoms with Crippen LogP contribution in [0, 0.1) is 0 Å². The molecule has 1 aliphatic heterocycles. The molecule has 1 aromatic rings. The van der Waals surface area contributed by atoms with Gasteiger partial charge in [0.1, 0.15) is 5.75 Å². The van der Waals surface area contributed by atoms with Gasteiger partial charge in [0, 0.05) is 19.5 Å². The Kier molecular flexibility index (Phi) is 4.61. The predicted molar refractivity (Wildman–Crippen MR) is 73.4 cm³/mol. The zero-order valence-corrected chi connectivity index (χ0v) is 11.5. The van der Waals surface area contributed by atoms with Crippen molar-refractivity contribution in [2.45, 2.75) is 32.3 Å². The molecule has 0 radical (unpaired) electrons. The summed E-state index contributed by atoms with van der Waals surface area (Å²) in [6.45, 7) is 7.08. The van der Waals surface area contributed by atoms with E-state index in [4.69, 9.17) is 9.47 Å². The minimum absolute atomic E-state index is 0.262. The quantitative estimate of drug-likeness (QED) is 0.888. The Morgan fingerprint density at radius 2 is 2.28 bits per heavy atom. The second-order valence-corrected chi connectivity index (χ2v) is 5.13. The Morgan fingerprint density at radius 3 is 2.89 bits per heavy atom. The molecule has 2 rings (SSSR count). The molecule has 1 aromatic carbocycles. The Bertz CT molecular complexity index is 384. The molecule has 1 saturated heterocycles. The third kappa shape index (κ3) is 3.24. The fraction of sp³-hybridized carbons (Fsp3) is 0.600. The maximum absolute atomic E-state index is 5.74. The molecule has 18 heavy (non-hydrogen) atoms. The first-order valence-corrected chi connectivity index (χ1v) is 6.70. The van der Waals surface area contributed by atoms with E-state index in [1.165, 1.54) is 11.1 Å². The average molecular weight is 249 g/mol. The Balaban J connectivity index is 2.11. The van der Waals surface area contributed by atoms with Crippen molar-refractivity contribution in [3.8, 4) is 5.75 Å². The summed E-state index contributed by atoms with van der Waals surface area (Å²) in [5, 5.41) is 3.36. The Labute approximate surface area is 109 Å². The van der Waals surface area contributed by atoms with Gasteiger partial charge in [0.05, 0.1) is 19.8 Å². The number of rotatable bonds is 4. The second kappa shape index (κ2) is 6.21. The molecule has 0 amide bonds. The first-order chi connectivity index (χ1) is 8.70. The Morgan fingerprint density at radius 1 is 1.44 bits per heavy atom. The number of nitrogens with one attached hydrogen (secondary N) is 1. The minimum Gasteiger partial charge on any atom is -0.496 e. The molecule has 0 aliphatic carbocycles. The van der Waals surface area contributed by atoms with Crippen molar-refractivity contribution >= 4 is 0 Å². The van der Waals surface area contributed by atoms with E-state index >= 15 is 0 Å². The molecule has 1 unspecified atom stereocenters. The third-order valence-electron chi connectivity index (χ3n) is 3.43. The molecule has 1 heterocycles. The molecule has 0 bridgehead atoms. The van der Waals surface area contributed by atoms with Gasteiger partial charge in [-0.05, 0) is 23.1 Å². The number of benzene rings is 1. The highest BCUT2D eigenvalue weighted by atomic mass is 16.5. The average Bonchev–Trinajstić information content (AvgIpc) is 2.40. The molecule has 1 atom stereocenters. The van der Waals surface area contributed by atoms with Gasteiger partial charge < -0.3 is 14.8 Å². The third-order valence-corrected chi connectivity index (χ3v) is 3.43. The van der Waals surface area contributed by atoms with E-state index in [0.29, 0.717) is 5.92 Å². The summed E-state index contributed by atoms with van der Waals surface area (Å²) in [6, 6.07) is 6.52. The highest BCUT2D eigenvalue weighted by Gasteiger charge is 2.16. The summed E-state index contributed by atoms with van der Waals surface area (Å²) >= 11 is 0. The van der Waals surface area contributed by atoms with Gasteiger partial charge in [0.15, 0.2) is 0 Å². The first kappa shape index (κ1) is 13.4. The van der Waals surface area contributed by atoms with Crippen LogP contribution in [0.5, 0.6) is 5.75 Å². The van der Waals surface area contributed by atoms with Crippen molar-refractivity contribution in [1.82, 2.24) is 5.32 Å². The monoisotopic (exact) mass is 249 g/mol. The normalized spacial score (nSPS) is 20.1. The highest BCUT2D eigenvalue weighted by molar-refractivity contribution is 5.39. The number of morpholine rings is 1. The molecule has 0 spiro atoms. The van der Waals surface area contributed by atoms with Crippen molar-refractivity contribution < 1.29 is 9.47 Å². The van der Waals surface area contributed by atoms with Crippen molar-refractivity contribution in [3.05, 3.63) is 29.3 Å². The van der Waals surface area contributed by atoms with E-state index in [-0.39, 0.29) is 6.10 Å². The lowest BCUT2D eigenvalue weighted by Crippen LogP contribution is -2.39. The summed E-state index contributed by atoms with van der Waals surface area (Å²) in [4.78, 5) is 0. The van der Waals surface area contributed by atoms with Crippen LogP contribution in [0.15, 0.2) is 18.2 Å². The molecule has 0 saturated carbocycles. The van der Waals surface area contributed by atoms with Gasteiger partial charge in [0.2, 0.25) is 0 Å². The van der Waals surface area contributed by atoms with Crippen LogP contribution >= 0.6 is 0 Å². The minimum atomic E-state index is 0.262. The standard InChI is InChI=1S/C15H23NO2/c1-11(2)12-4-5-13(15(9-12)17-3)8-14-10-16-6-7-18-14/h4-5,9,11,14,16H,6-8,10H2,1-3H3. The summed E-state index contributed by atoms with van der Waals surface area (Å²) in [5.41, 5.74) is 2.55. The Hall–Kier alpha value is -1.06.